The molecular weight excluding hydrogens is 224 g/mol. The largest absolute Gasteiger partial charge is 0.285 e. The van der Waals surface area contributed by atoms with Crippen LogP contribution in [-0.4, -0.2) is 13.0 Å². The van der Waals surface area contributed by atoms with Crippen molar-refractivity contribution in [3.8, 4) is 0 Å². The molecule has 0 spiro atoms. The second-order valence-electron chi connectivity index (χ2n) is 5.03. The Morgan fingerprint density at radius 3 is 1.88 bits per heavy atom. The van der Waals surface area contributed by atoms with Crippen LogP contribution in [0.5, 0.6) is 0 Å². The molecule has 0 fully saturated rings. The minimum atomic E-state index is -4.00. The average Bonchev–Trinajstić information content (AvgIpc) is 2.14. The van der Waals surface area contributed by atoms with Crippen LogP contribution in [0.3, 0.4) is 0 Å². The van der Waals surface area contributed by atoms with E-state index in [0.717, 1.165) is 5.56 Å². The maximum atomic E-state index is 11.0. The minimum Gasteiger partial charge on any atom is -0.285 e. The van der Waals surface area contributed by atoms with Crippen LogP contribution in [0.15, 0.2) is 24.3 Å². The summed E-state index contributed by atoms with van der Waals surface area (Å²) in [7, 11) is -4.00. The van der Waals surface area contributed by atoms with Gasteiger partial charge in [-0.05, 0) is 23.5 Å². The van der Waals surface area contributed by atoms with Crippen LogP contribution in [0.4, 0.5) is 0 Å². The highest BCUT2D eigenvalue weighted by molar-refractivity contribution is 7.86. The summed E-state index contributed by atoms with van der Waals surface area (Å²) < 4.78 is 30.9. The van der Waals surface area contributed by atoms with Crippen molar-refractivity contribution in [1.29, 1.82) is 0 Å². The molecule has 0 aliphatic rings. The van der Waals surface area contributed by atoms with Gasteiger partial charge < -0.3 is 0 Å². The Morgan fingerprint density at radius 2 is 1.56 bits per heavy atom. The van der Waals surface area contributed by atoms with Crippen molar-refractivity contribution in [2.45, 2.75) is 38.4 Å². The van der Waals surface area contributed by atoms with E-state index in [0.29, 0.717) is 5.56 Å². The first-order valence-electron chi connectivity index (χ1n) is 5.19. The normalized spacial score (nSPS) is 14.8. The molecule has 0 unspecified atom stereocenters. The van der Waals surface area contributed by atoms with E-state index in [1.54, 1.807) is 12.1 Å². The van der Waals surface area contributed by atoms with E-state index in [1.165, 1.54) is 6.92 Å². The third-order valence-corrected chi connectivity index (χ3v) is 3.86. The highest BCUT2D eigenvalue weighted by atomic mass is 32.2. The molecule has 16 heavy (non-hydrogen) atoms. The Hall–Kier alpha value is -0.870. The first-order valence-corrected chi connectivity index (χ1v) is 6.69. The van der Waals surface area contributed by atoms with Crippen LogP contribution in [0.2, 0.25) is 0 Å². The third-order valence-electron chi connectivity index (χ3n) is 2.69. The van der Waals surface area contributed by atoms with Crippen LogP contribution in [-0.2, 0) is 15.5 Å². The highest BCUT2D eigenvalue weighted by Crippen LogP contribution is 2.26. The number of hydrogen-bond acceptors (Lipinski definition) is 2. The topological polar surface area (TPSA) is 54.4 Å². The SMILES string of the molecule is C[C@H](c1ccc(C(C)(C)C)cc1)S(=O)(=O)O. The second kappa shape index (κ2) is 4.18. The van der Waals surface area contributed by atoms with E-state index in [2.05, 4.69) is 20.8 Å². The van der Waals surface area contributed by atoms with Gasteiger partial charge in [-0.3, -0.25) is 4.55 Å². The second-order valence-corrected chi connectivity index (χ2v) is 6.77. The number of hydrogen-bond donors (Lipinski definition) is 1. The summed E-state index contributed by atoms with van der Waals surface area (Å²) in [6.07, 6.45) is 0. The molecule has 0 radical (unpaired) electrons. The van der Waals surface area contributed by atoms with Gasteiger partial charge in [0.2, 0.25) is 0 Å². The van der Waals surface area contributed by atoms with Crippen molar-refractivity contribution < 1.29 is 13.0 Å². The fraction of sp³-hybridized carbons (Fsp3) is 0.500. The maximum absolute atomic E-state index is 11.0. The summed E-state index contributed by atoms with van der Waals surface area (Å²) in [5.41, 5.74) is 1.79. The molecule has 0 aliphatic heterocycles. The zero-order chi connectivity index (χ0) is 12.6. The molecule has 90 valence electrons. The molecule has 0 amide bonds. The molecule has 0 heterocycles. The van der Waals surface area contributed by atoms with Crippen LogP contribution < -0.4 is 0 Å². The Morgan fingerprint density at radius 1 is 1.12 bits per heavy atom. The fourth-order valence-corrected chi connectivity index (χ4v) is 1.93. The Kier molecular flexibility index (Phi) is 3.45. The lowest BCUT2D eigenvalue weighted by atomic mass is 9.86. The standard InChI is InChI=1S/C12H18O3S/c1-9(16(13,14)15)10-5-7-11(8-6-10)12(2,3)4/h5-9H,1-4H3,(H,13,14,15)/t9-/m1/s1. The van der Waals surface area contributed by atoms with Crippen LogP contribution in [0.25, 0.3) is 0 Å². The highest BCUT2D eigenvalue weighted by Gasteiger charge is 2.20. The van der Waals surface area contributed by atoms with Gasteiger partial charge in [0, 0.05) is 0 Å². The molecule has 1 rings (SSSR count). The van der Waals surface area contributed by atoms with Crippen LogP contribution >= 0.6 is 0 Å². The fourth-order valence-electron chi connectivity index (χ4n) is 1.43. The Bertz CT molecular complexity index is 452. The molecule has 1 aromatic rings. The smallest absolute Gasteiger partial charge is 0.271 e. The molecule has 0 saturated heterocycles. The Balaban J connectivity index is 3.05. The van der Waals surface area contributed by atoms with E-state index < -0.39 is 15.4 Å². The maximum Gasteiger partial charge on any atom is 0.271 e. The summed E-state index contributed by atoms with van der Waals surface area (Å²) in [6.45, 7) is 7.75. The van der Waals surface area contributed by atoms with E-state index in [-0.39, 0.29) is 5.41 Å². The summed E-state index contributed by atoms with van der Waals surface area (Å²) in [6, 6.07) is 7.30. The van der Waals surface area contributed by atoms with E-state index in [4.69, 9.17) is 4.55 Å². The molecule has 0 saturated carbocycles. The lowest BCUT2D eigenvalue weighted by Gasteiger charge is -2.19. The predicted molar refractivity (Wildman–Crippen MR) is 65.1 cm³/mol. The molecule has 1 atom stereocenters. The summed E-state index contributed by atoms with van der Waals surface area (Å²) in [4.78, 5) is 0. The first-order chi connectivity index (χ1) is 7.12. The zero-order valence-electron chi connectivity index (χ0n) is 10.1. The zero-order valence-corrected chi connectivity index (χ0v) is 10.9. The van der Waals surface area contributed by atoms with Gasteiger partial charge in [-0.25, -0.2) is 0 Å². The average molecular weight is 242 g/mol. The van der Waals surface area contributed by atoms with Gasteiger partial charge in [0.1, 0.15) is 5.25 Å². The van der Waals surface area contributed by atoms with E-state index in [9.17, 15) is 8.42 Å². The third kappa shape index (κ3) is 3.06. The first kappa shape index (κ1) is 13.2. The van der Waals surface area contributed by atoms with Crippen molar-refractivity contribution in [2.75, 3.05) is 0 Å². The Labute approximate surface area is 97.2 Å². The van der Waals surface area contributed by atoms with E-state index in [1.807, 2.05) is 12.1 Å². The minimum absolute atomic E-state index is 0.0415. The summed E-state index contributed by atoms with van der Waals surface area (Å²) >= 11 is 0. The predicted octanol–water partition coefficient (Wildman–Crippen LogP) is 2.93. The van der Waals surface area contributed by atoms with Crippen molar-refractivity contribution in [3.63, 3.8) is 0 Å². The van der Waals surface area contributed by atoms with Crippen molar-refractivity contribution >= 4 is 10.1 Å². The van der Waals surface area contributed by atoms with E-state index >= 15 is 0 Å². The van der Waals surface area contributed by atoms with Gasteiger partial charge >= 0.3 is 0 Å². The van der Waals surface area contributed by atoms with Gasteiger partial charge in [0.05, 0.1) is 0 Å². The lowest BCUT2D eigenvalue weighted by molar-refractivity contribution is 0.472. The van der Waals surface area contributed by atoms with Crippen molar-refractivity contribution in [3.05, 3.63) is 35.4 Å². The number of benzene rings is 1. The number of rotatable bonds is 2. The molecule has 1 N–H and O–H groups in total. The quantitative estimate of drug-likeness (QED) is 0.811. The molecule has 0 aliphatic carbocycles. The van der Waals surface area contributed by atoms with Gasteiger partial charge in [-0.2, -0.15) is 8.42 Å². The molecule has 0 bridgehead atoms. The molecular formula is C12H18O3S. The molecule has 0 aromatic heterocycles. The van der Waals surface area contributed by atoms with Gasteiger partial charge in [-0.15, -0.1) is 0 Å². The summed E-state index contributed by atoms with van der Waals surface area (Å²) in [5.74, 6) is 0. The van der Waals surface area contributed by atoms with Gasteiger partial charge in [-0.1, -0.05) is 45.0 Å². The van der Waals surface area contributed by atoms with Crippen LogP contribution in [0.1, 0.15) is 44.1 Å². The van der Waals surface area contributed by atoms with Gasteiger partial charge in [0.15, 0.2) is 0 Å². The summed E-state index contributed by atoms with van der Waals surface area (Å²) in [5, 5.41) is -0.874. The lowest BCUT2D eigenvalue weighted by Crippen LogP contribution is -2.12. The van der Waals surface area contributed by atoms with Crippen molar-refractivity contribution in [2.24, 2.45) is 0 Å². The van der Waals surface area contributed by atoms with Gasteiger partial charge in [0.25, 0.3) is 10.1 Å². The molecule has 1 aromatic carbocycles. The molecule has 4 heteroatoms. The molecule has 3 nitrogen and oxygen atoms in total. The van der Waals surface area contributed by atoms with Crippen molar-refractivity contribution in [1.82, 2.24) is 0 Å². The monoisotopic (exact) mass is 242 g/mol. The van der Waals surface area contributed by atoms with Crippen LogP contribution in [0, 0.1) is 0 Å².